The van der Waals surface area contributed by atoms with E-state index in [9.17, 15) is 15.0 Å². The summed E-state index contributed by atoms with van der Waals surface area (Å²) in [5, 5.41) is 19.2. The standard InChI is InChI=1S/C28H38O7/c1-7-24(32-17-10-18-33-26(30)8-2)14-11-21(4)28(5,6)22-12-15-25(16-13-22)34-19-23(29)20-35-27(31)9-3/h7-9,11-16,23,27,29,31H,2-4,10,17-20H2,1,5-6H3/b14-11-,24-7+. The summed E-state index contributed by atoms with van der Waals surface area (Å²) in [7, 11) is 0. The van der Waals surface area contributed by atoms with Crippen molar-refractivity contribution < 1.29 is 34.0 Å². The second kappa shape index (κ2) is 15.7. The third kappa shape index (κ3) is 11.2. The molecule has 0 aliphatic rings. The van der Waals surface area contributed by atoms with E-state index in [0.717, 1.165) is 17.2 Å². The molecule has 0 spiro atoms. The lowest BCUT2D eigenvalue weighted by atomic mass is 9.78. The highest BCUT2D eigenvalue weighted by atomic mass is 16.6. The number of aliphatic hydroxyl groups excluding tert-OH is 2. The quantitative estimate of drug-likeness (QED) is 0.0642. The minimum absolute atomic E-state index is 0.0326. The summed E-state index contributed by atoms with van der Waals surface area (Å²) in [6, 6.07) is 7.58. The van der Waals surface area contributed by atoms with Gasteiger partial charge in [-0.15, -0.1) is 0 Å². The van der Waals surface area contributed by atoms with E-state index in [0.29, 0.717) is 24.5 Å². The third-order valence-electron chi connectivity index (χ3n) is 5.18. The summed E-state index contributed by atoms with van der Waals surface area (Å²) in [6.07, 6.45) is 6.59. The van der Waals surface area contributed by atoms with Crippen LogP contribution >= 0.6 is 0 Å². The normalized spacial score (nSPS) is 13.7. The van der Waals surface area contributed by atoms with E-state index in [2.05, 4.69) is 33.6 Å². The maximum Gasteiger partial charge on any atom is 0.330 e. The molecular weight excluding hydrogens is 448 g/mol. The van der Waals surface area contributed by atoms with Gasteiger partial charge in [0.1, 0.15) is 24.2 Å². The fourth-order valence-corrected chi connectivity index (χ4v) is 2.77. The highest BCUT2D eigenvalue weighted by molar-refractivity contribution is 5.81. The number of hydrogen-bond donors (Lipinski definition) is 2. The Morgan fingerprint density at radius 3 is 2.31 bits per heavy atom. The summed E-state index contributed by atoms with van der Waals surface area (Å²) in [5.74, 6) is 0.864. The molecule has 0 saturated carbocycles. The Hall–Kier alpha value is -3.13. The molecule has 0 saturated heterocycles. The van der Waals surface area contributed by atoms with Gasteiger partial charge in [-0.25, -0.2) is 4.79 Å². The topological polar surface area (TPSA) is 94.5 Å². The largest absolute Gasteiger partial charge is 0.494 e. The molecule has 7 nitrogen and oxygen atoms in total. The van der Waals surface area contributed by atoms with Crippen molar-refractivity contribution in [1.29, 1.82) is 0 Å². The summed E-state index contributed by atoms with van der Waals surface area (Å²) in [6.45, 7) is 17.7. The van der Waals surface area contributed by atoms with E-state index >= 15 is 0 Å². The molecule has 192 valence electrons. The van der Waals surface area contributed by atoms with Crippen LogP contribution in [0.25, 0.3) is 0 Å². The number of benzene rings is 1. The number of ether oxygens (including phenoxy) is 4. The second-order valence-electron chi connectivity index (χ2n) is 8.20. The molecule has 2 unspecified atom stereocenters. The van der Waals surface area contributed by atoms with E-state index in [4.69, 9.17) is 18.9 Å². The summed E-state index contributed by atoms with van der Waals surface area (Å²) in [5.41, 5.74) is 1.59. The predicted molar refractivity (Wildman–Crippen MR) is 137 cm³/mol. The van der Waals surface area contributed by atoms with Crippen LogP contribution in [0.1, 0.15) is 32.8 Å². The minimum atomic E-state index is -1.11. The zero-order chi connectivity index (χ0) is 26.3. The van der Waals surface area contributed by atoms with Crippen molar-refractivity contribution in [2.75, 3.05) is 26.4 Å². The molecule has 7 heteroatoms. The Kier molecular flexibility index (Phi) is 13.4. The Morgan fingerprint density at radius 2 is 1.71 bits per heavy atom. The Bertz CT molecular complexity index is 881. The lowest BCUT2D eigenvalue weighted by Crippen LogP contribution is -2.26. The van der Waals surface area contributed by atoms with Crippen molar-refractivity contribution in [3.05, 3.63) is 91.3 Å². The average Bonchev–Trinajstić information content (AvgIpc) is 2.87. The van der Waals surface area contributed by atoms with Crippen molar-refractivity contribution in [3.63, 3.8) is 0 Å². The molecule has 0 aliphatic heterocycles. The first kappa shape index (κ1) is 29.9. The Morgan fingerprint density at radius 1 is 1.06 bits per heavy atom. The number of allylic oxidation sites excluding steroid dienone is 4. The first-order chi connectivity index (χ1) is 16.6. The van der Waals surface area contributed by atoms with Crippen molar-refractivity contribution in [2.45, 2.75) is 45.0 Å². The Labute approximate surface area is 208 Å². The molecule has 0 aliphatic carbocycles. The van der Waals surface area contributed by atoms with E-state index in [1.54, 1.807) is 0 Å². The van der Waals surface area contributed by atoms with Crippen molar-refractivity contribution in [3.8, 4) is 5.75 Å². The lowest BCUT2D eigenvalue weighted by Gasteiger charge is -2.26. The van der Waals surface area contributed by atoms with Crippen molar-refractivity contribution in [2.24, 2.45) is 0 Å². The van der Waals surface area contributed by atoms with E-state index in [-0.39, 0.29) is 25.2 Å². The summed E-state index contributed by atoms with van der Waals surface area (Å²) >= 11 is 0. The third-order valence-corrected chi connectivity index (χ3v) is 5.18. The van der Waals surface area contributed by atoms with Crippen LogP contribution in [0.2, 0.25) is 0 Å². The minimum Gasteiger partial charge on any atom is -0.494 e. The molecular formula is C28H38O7. The number of esters is 1. The van der Waals surface area contributed by atoms with E-state index in [1.807, 2.05) is 49.4 Å². The molecule has 0 radical (unpaired) electrons. The molecule has 1 aromatic carbocycles. The van der Waals surface area contributed by atoms with Crippen LogP contribution in [0.15, 0.2) is 85.7 Å². The van der Waals surface area contributed by atoms with Gasteiger partial charge in [-0.05, 0) is 48.4 Å². The lowest BCUT2D eigenvalue weighted by molar-refractivity contribution is -0.138. The highest BCUT2D eigenvalue weighted by Crippen LogP contribution is 2.32. The maximum absolute atomic E-state index is 11.0. The molecule has 0 amide bonds. The van der Waals surface area contributed by atoms with E-state index in [1.165, 1.54) is 6.08 Å². The van der Waals surface area contributed by atoms with Crippen LogP contribution in [0.4, 0.5) is 0 Å². The summed E-state index contributed by atoms with van der Waals surface area (Å²) < 4.78 is 21.2. The fourth-order valence-electron chi connectivity index (χ4n) is 2.77. The van der Waals surface area contributed by atoms with Gasteiger partial charge in [-0.2, -0.15) is 0 Å². The van der Waals surface area contributed by atoms with Gasteiger partial charge in [-0.3, -0.25) is 0 Å². The van der Waals surface area contributed by atoms with Crippen molar-refractivity contribution >= 4 is 5.97 Å². The molecule has 0 heterocycles. The van der Waals surface area contributed by atoms with Crippen LogP contribution < -0.4 is 4.74 Å². The van der Waals surface area contributed by atoms with E-state index < -0.39 is 18.4 Å². The number of aliphatic hydroxyl groups is 2. The smallest absolute Gasteiger partial charge is 0.330 e. The van der Waals surface area contributed by atoms with Gasteiger partial charge in [0.05, 0.1) is 19.8 Å². The zero-order valence-corrected chi connectivity index (χ0v) is 20.9. The van der Waals surface area contributed by atoms with Gasteiger partial charge in [0.2, 0.25) is 0 Å². The number of carbonyl (C=O) groups excluding carboxylic acids is 1. The van der Waals surface area contributed by atoms with Gasteiger partial charge in [-0.1, -0.05) is 51.8 Å². The Balaban J connectivity index is 2.58. The van der Waals surface area contributed by atoms with Gasteiger partial charge in [0.15, 0.2) is 6.29 Å². The van der Waals surface area contributed by atoms with Gasteiger partial charge >= 0.3 is 5.97 Å². The number of hydrogen-bond acceptors (Lipinski definition) is 7. The molecule has 2 atom stereocenters. The molecule has 0 fully saturated rings. The second-order valence-corrected chi connectivity index (χ2v) is 8.20. The molecule has 1 aromatic rings. The van der Waals surface area contributed by atoms with Crippen LogP contribution in [0.3, 0.4) is 0 Å². The monoisotopic (exact) mass is 486 g/mol. The first-order valence-electron chi connectivity index (χ1n) is 11.4. The predicted octanol–water partition coefficient (Wildman–Crippen LogP) is 4.38. The molecule has 0 bridgehead atoms. The van der Waals surface area contributed by atoms with Crippen LogP contribution in [-0.4, -0.2) is 55.0 Å². The average molecular weight is 487 g/mol. The van der Waals surface area contributed by atoms with Crippen LogP contribution in [0, 0.1) is 0 Å². The van der Waals surface area contributed by atoms with Crippen LogP contribution in [-0.2, 0) is 24.4 Å². The molecule has 0 aromatic heterocycles. The molecule has 35 heavy (non-hydrogen) atoms. The van der Waals surface area contributed by atoms with Crippen molar-refractivity contribution in [1.82, 2.24) is 0 Å². The van der Waals surface area contributed by atoms with Crippen LogP contribution in [0.5, 0.6) is 5.75 Å². The number of carbonyl (C=O) groups is 1. The number of rotatable bonds is 17. The maximum atomic E-state index is 11.0. The first-order valence-corrected chi connectivity index (χ1v) is 11.4. The van der Waals surface area contributed by atoms with Gasteiger partial charge < -0.3 is 29.2 Å². The SMILES string of the molecule is C=CC(=O)OCCCOC(/C=C\C(=C)C(C)(C)c1ccc(OCC(O)COC(O)C=C)cc1)=C/C. The highest BCUT2D eigenvalue weighted by Gasteiger charge is 2.23. The fraction of sp³-hybridized carbons (Fsp3) is 0.393. The van der Waals surface area contributed by atoms with Gasteiger partial charge in [0.25, 0.3) is 0 Å². The summed E-state index contributed by atoms with van der Waals surface area (Å²) in [4.78, 5) is 11.0. The molecule has 2 N–H and O–H groups in total. The molecule has 1 rings (SSSR count). The zero-order valence-electron chi connectivity index (χ0n) is 20.9. The van der Waals surface area contributed by atoms with Gasteiger partial charge in [0, 0.05) is 17.9 Å².